The van der Waals surface area contributed by atoms with Gasteiger partial charge in [0.15, 0.2) is 0 Å². The zero-order valence-electron chi connectivity index (χ0n) is 42.8. The molecule has 0 bridgehead atoms. The maximum atomic E-state index is 16.8. The molecule has 11 rings (SSSR count). The number of aliphatic hydroxyl groups excluding tert-OH is 1. The molecule has 0 aliphatic carbocycles. The molecule has 17 heteroatoms. The minimum Gasteiger partial charge on any atom is -0.497 e. The lowest BCUT2D eigenvalue weighted by Gasteiger charge is -2.46. The van der Waals surface area contributed by atoms with Crippen molar-refractivity contribution in [1.29, 1.82) is 0 Å². The van der Waals surface area contributed by atoms with Crippen LogP contribution in [0.15, 0.2) is 176 Å². The number of esters is 1. The van der Waals surface area contributed by atoms with Crippen molar-refractivity contribution >= 4 is 46.6 Å². The van der Waals surface area contributed by atoms with Crippen molar-refractivity contribution in [2.75, 3.05) is 61.7 Å². The van der Waals surface area contributed by atoms with Gasteiger partial charge in [-0.15, -0.1) is 0 Å². The van der Waals surface area contributed by atoms with Crippen molar-refractivity contribution in [3.63, 3.8) is 0 Å². The summed E-state index contributed by atoms with van der Waals surface area (Å²) >= 11 is 0. The van der Waals surface area contributed by atoms with E-state index in [1.54, 1.807) is 86.0 Å². The van der Waals surface area contributed by atoms with Gasteiger partial charge in [-0.3, -0.25) is 29.4 Å². The van der Waals surface area contributed by atoms with Crippen molar-refractivity contribution in [3.8, 4) is 23.3 Å². The zero-order valence-corrected chi connectivity index (χ0v) is 42.8. The number of morpholine rings is 2. The van der Waals surface area contributed by atoms with Crippen molar-refractivity contribution < 1.29 is 52.9 Å². The van der Waals surface area contributed by atoms with Crippen LogP contribution in [0.3, 0.4) is 0 Å². The molecule has 0 radical (unpaired) electrons. The second kappa shape index (κ2) is 22.3. The number of carbonyl (C=O) groups is 4. The number of fused-ring (bicyclic) bond motifs is 3. The Bertz CT molecular complexity index is 3460. The standard InChI is InChI=1S/C62H53N5O12/c1-75-49-27-16-40(17-28-49)12-13-41-18-31-52-51(38-41)62(60(71)65(52)61(72)78-39-42-14-23-48(24-15-42)67(73)74)53(58(69)63-46-21-25-47(26-22-46)64-32-35-76-36-33-64)55-59(70)79-56(44-10-6-3-7-11-44)54(43-8-4-2-5-9-43)66(55)57(62)45-19-29-50(30-20-45)77-37-34-68/h2-11,14-31,38,53-57,68H,32-37,39H2,1H3,(H,63,69)/t53-,54-,55-,56+,57+,62-/m0/s1. The highest BCUT2D eigenvalue weighted by Crippen LogP contribution is 2.66. The Morgan fingerprint density at radius 2 is 1.41 bits per heavy atom. The third-order valence-corrected chi connectivity index (χ3v) is 14.9. The topological polar surface area (TPSA) is 200 Å². The number of anilines is 3. The maximum absolute atomic E-state index is 16.8. The highest BCUT2D eigenvalue weighted by molar-refractivity contribution is 6.24. The van der Waals surface area contributed by atoms with Crippen molar-refractivity contribution in [2.45, 2.75) is 36.3 Å². The summed E-state index contributed by atoms with van der Waals surface area (Å²) in [6.45, 7) is 1.86. The van der Waals surface area contributed by atoms with E-state index >= 15 is 19.2 Å². The summed E-state index contributed by atoms with van der Waals surface area (Å²) in [6.07, 6.45) is -2.08. The number of nitrogens with one attached hydrogen (secondary N) is 1. The molecule has 3 amide bonds. The first kappa shape index (κ1) is 51.8. The van der Waals surface area contributed by atoms with E-state index in [0.717, 1.165) is 10.6 Å². The van der Waals surface area contributed by atoms with Crippen molar-refractivity contribution in [3.05, 3.63) is 225 Å². The minimum absolute atomic E-state index is 0.000402. The molecule has 4 heterocycles. The van der Waals surface area contributed by atoms with Crippen LogP contribution < -0.4 is 24.6 Å². The van der Waals surface area contributed by atoms with E-state index in [2.05, 4.69) is 22.1 Å². The third-order valence-electron chi connectivity index (χ3n) is 14.9. The summed E-state index contributed by atoms with van der Waals surface area (Å²) in [7, 11) is 1.57. The molecule has 1 spiro atoms. The number of nitro benzene ring substituents is 1. The fourth-order valence-electron chi connectivity index (χ4n) is 11.4. The number of hydrogen-bond acceptors (Lipinski definition) is 14. The number of hydrogen-bond donors (Lipinski definition) is 2. The molecule has 79 heavy (non-hydrogen) atoms. The van der Waals surface area contributed by atoms with Crippen LogP contribution in [-0.2, 0) is 40.6 Å². The van der Waals surface area contributed by atoms with Crippen LogP contribution in [0.4, 0.5) is 27.5 Å². The molecule has 7 aromatic carbocycles. The molecule has 17 nitrogen and oxygen atoms in total. The Labute approximate surface area is 455 Å². The van der Waals surface area contributed by atoms with Gasteiger partial charge in [0.05, 0.1) is 55.5 Å². The summed E-state index contributed by atoms with van der Waals surface area (Å²) in [6, 6.07) is 46.9. The number of rotatable bonds is 13. The van der Waals surface area contributed by atoms with Crippen LogP contribution in [0.2, 0.25) is 0 Å². The second-order valence-corrected chi connectivity index (χ2v) is 19.4. The molecule has 6 atom stereocenters. The smallest absolute Gasteiger partial charge is 0.421 e. The molecule has 2 N–H and O–H groups in total. The number of ether oxygens (including phenoxy) is 5. The predicted octanol–water partition coefficient (Wildman–Crippen LogP) is 8.85. The molecule has 7 aromatic rings. The quantitative estimate of drug-likeness (QED) is 0.0480. The number of nitrogens with zero attached hydrogens (tertiary/aromatic N) is 4. The lowest BCUT2D eigenvalue weighted by atomic mass is 9.65. The summed E-state index contributed by atoms with van der Waals surface area (Å²) in [4.78, 5) is 79.7. The molecular weight excluding hydrogens is 1010 g/mol. The van der Waals surface area contributed by atoms with Gasteiger partial charge in [-0.05, 0) is 119 Å². The van der Waals surface area contributed by atoms with E-state index in [0.29, 0.717) is 76.9 Å². The van der Waals surface area contributed by atoms with E-state index in [9.17, 15) is 15.2 Å². The average Bonchev–Trinajstić information content (AvgIpc) is 2.18. The molecule has 398 valence electrons. The van der Waals surface area contributed by atoms with E-state index < -0.39 is 64.4 Å². The monoisotopic (exact) mass is 1060 g/mol. The highest BCUT2D eigenvalue weighted by Gasteiger charge is 2.76. The van der Waals surface area contributed by atoms with Gasteiger partial charge in [0.1, 0.15) is 42.3 Å². The van der Waals surface area contributed by atoms with Crippen LogP contribution in [0.25, 0.3) is 0 Å². The summed E-state index contributed by atoms with van der Waals surface area (Å²) in [5.41, 5.74) is 2.58. The Kier molecular flexibility index (Phi) is 14.6. The lowest BCUT2D eigenvalue weighted by Crippen LogP contribution is -2.54. The number of non-ortho nitro benzene ring substituents is 1. The van der Waals surface area contributed by atoms with Gasteiger partial charge in [0, 0.05) is 47.7 Å². The summed E-state index contributed by atoms with van der Waals surface area (Å²) in [5.74, 6) is 3.50. The summed E-state index contributed by atoms with van der Waals surface area (Å²) in [5, 5.41) is 24.3. The van der Waals surface area contributed by atoms with Gasteiger partial charge in [-0.25, -0.2) is 9.69 Å². The number of carbonyl (C=O) groups excluding carboxylic acids is 4. The summed E-state index contributed by atoms with van der Waals surface area (Å²) < 4.78 is 29.4. The van der Waals surface area contributed by atoms with Gasteiger partial charge in [-0.2, -0.15) is 0 Å². The molecule has 4 aliphatic rings. The lowest BCUT2D eigenvalue weighted by molar-refractivity contribution is -0.384. The van der Waals surface area contributed by atoms with Crippen LogP contribution in [0.1, 0.15) is 57.1 Å². The van der Waals surface area contributed by atoms with Crippen LogP contribution >= 0.6 is 0 Å². The Balaban J connectivity index is 1.14. The SMILES string of the molecule is COc1ccc(C#Cc2ccc3c(c2)[C@]2(C(=O)N3C(=O)OCc3ccc([N+](=O)[O-])cc3)[C@H](C(=O)Nc3ccc(N4CCOCC4)cc3)[C@H]3C(=O)O[C@H](c4ccccc4)[C@H](c4ccccc4)N3[C@@H]2c2ccc(OCCO)cc2)cc1. The molecular formula is C62H53N5O12. The number of benzene rings is 7. The predicted molar refractivity (Wildman–Crippen MR) is 291 cm³/mol. The fraction of sp³-hybridized carbons (Fsp3) is 0.226. The molecule has 0 unspecified atom stereocenters. The maximum Gasteiger partial charge on any atom is 0.421 e. The van der Waals surface area contributed by atoms with E-state index in [4.69, 9.17) is 23.7 Å². The Morgan fingerprint density at radius 1 is 0.759 bits per heavy atom. The average molecular weight is 1060 g/mol. The Hall–Kier alpha value is -9.34. The van der Waals surface area contributed by atoms with Gasteiger partial charge in [0.2, 0.25) is 11.8 Å². The second-order valence-electron chi connectivity index (χ2n) is 19.4. The van der Waals surface area contributed by atoms with E-state index in [-0.39, 0.29) is 36.8 Å². The molecule has 0 saturated carbocycles. The molecule has 3 saturated heterocycles. The van der Waals surface area contributed by atoms with Gasteiger partial charge >= 0.3 is 12.1 Å². The Morgan fingerprint density at radius 3 is 2.06 bits per heavy atom. The van der Waals surface area contributed by atoms with E-state index in [1.807, 2.05) is 77.7 Å². The van der Waals surface area contributed by atoms with E-state index in [1.165, 1.54) is 24.3 Å². The normalized spacial score (nSPS) is 21.3. The molecule has 4 aliphatic heterocycles. The third kappa shape index (κ3) is 9.89. The number of aliphatic hydroxyl groups is 1. The van der Waals surface area contributed by atoms with Crippen molar-refractivity contribution in [2.24, 2.45) is 5.92 Å². The number of methoxy groups -OCH3 is 1. The number of nitro groups is 1. The molecule has 3 fully saturated rings. The minimum atomic E-state index is -2.16. The first-order valence-corrected chi connectivity index (χ1v) is 25.8. The zero-order chi connectivity index (χ0) is 54.6. The fourth-order valence-corrected chi connectivity index (χ4v) is 11.4. The largest absolute Gasteiger partial charge is 0.497 e. The van der Waals surface area contributed by atoms with Crippen LogP contribution in [0, 0.1) is 27.9 Å². The first-order chi connectivity index (χ1) is 38.6. The van der Waals surface area contributed by atoms with Gasteiger partial charge in [-0.1, -0.05) is 84.6 Å². The van der Waals surface area contributed by atoms with Gasteiger partial charge in [0.25, 0.3) is 5.69 Å². The van der Waals surface area contributed by atoms with Gasteiger partial charge < -0.3 is 39.0 Å². The number of cyclic esters (lactones) is 1. The number of amides is 3. The number of imide groups is 1. The van der Waals surface area contributed by atoms with Crippen LogP contribution in [-0.4, -0.2) is 91.5 Å². The highest BCUT2D eigenvalue weighted by atomic mass is 16.6. The van der Waals surface area contributed by atoms with Crippen LogP contribution in [0.5, 0.6) is 11.5 Å². The van der Waals surface area contributed by atoms with Crippen molar-refractivity contribution in [1.82, 2.24) is 4.90 Å². The first-order valence-electron chi connectivity index (χ1n) is 25.8. The molecule has 0 aromatic heterocycles.